The molecule has 0 aliphatic rings. The van der Waals surface area contributed by atoms with Gasteiger partial charge >= 0.3 is 5.97 Å². The van der Waals surface area contributed by atoms with Gasteiger partial charge in [0.25, 0.3) is 0 Å². The Labute approximate surface area is 145 Å². The molecule has 0 amide bonds. The maximum atomic E-state index is 12.8. The monoisotopic (exact) mass is 328 g/mol. The van der Waals surface area contributed by atoms with Crippen LogP contribution in [0.15, 0.2) is 84.9 Å². The first-order valence-electron chi connectivity index (χ1n) is 8.07. The SMILES string of the molecule is O=C(OCc1ccccc1)c1c2ccccc2nn1-c1ccccc1. The van der Waals surface area contributed by atoms with Gasteiger partial charge in [0.15, 0.2) is 5.69 Å². The number of fused-ring (bicyclic) bond motifs is 1. The van der Waals surface area contributed by atoms with E-state index in [4.69, 9.17) is 4.74 Å². The number of nitrogens with zero attached hydrogens (tertiary/aromatic N) is 2. The summed E-state index contributed by atoms with van der Waals surface area (Å²) in [6.07, 6.45) is 0. The third kappa shape index (κ3) is 3.02. The van der Waals surface area contributed by atoms with Crippen LogP contribution in [-0.4, -0.2) is 15.7 Å². The van der Waals surface area contributed by atoms with E-state index in [0.717, 1.165) is 22.2 Å². The van der Waals surface area contributed by atoms with Crippen molar-refractivity contribution in [2.45, 2.75) is 6.61 Å². The Morgan fingerprint density at radius 1 is 0.840 bits per heavy atom. The van der Waals surface area contributed by atoms with Gasteiger partial charge in [0.2, 0.25) is 0 Å². The van der Waals surface area contributed by atoms with E-state index < -0.39 is 0 Å². The summed E-state index contributed by atoms with van der Waals surface area (Å²) >= 11 is 0. The van der Waals surface area contributed by atoms with Gasteiger partial charge in [-0.1, -0.05) is 66.7 Å². The summed E-state index contributed by atoms with van der Waals surface area (Å²) < 4.78 is 7.19. The molecule has 4 aromatic rings. The van der Waals surface area contributed by atoms with E-state index >= 15 is 0 Å². The van der Waals surface area contributed by atoms with E-state index in [-0.39, 0.29) is 12.6 Å². The fourth-order valence-electron chi connectivity index (χ4n) is 2.78. The molecule has 0 atom stereocenters. The van der Waals surface area contributed by atoms with Gasteiger partial charge in [-0.05, 0) is 23.8 Å². The molecular formula is C21H16N2O2. The van der Waals surface area contributed by atoms with Crippen molar-refractivity contribution in [2.24, 2.45) is 0 Å². The number of rotatable bonds is 4. The Balaban J connectivity index is 1.73. The zero-order valence-corrected chi connectivity index (χ0v) is 13.5. The molecule has 0 N–H and O–H groups in total. The lowest BCUT2D eigenvalue weighted by Gasteiger charge is -2.08. The predicted molar refractivity (Wildman–Crippen MR) is 96.6 cm³/mol. The summed E-state index contributed by atoms with van der Waals surface area (Å²) in [6, 6.07) is 26.8. The molecule has 1 heterocycles. The van der Waals surface area contributed by atoms with Gasteiger partial charge in [0.05, 0.1) is 11.2 Å². The van der Waals surface area contributed by atoms with Gasteiger partial charge in [-0.15, -0.1) is 0 Å². The van der Waals surface area contributed by atoms with Crippen LogP contribution >= 0.6 is 0 Å². The van der Waals surface area contributed by atoms with Gasteiger partial charge in [-0.3, -0.25) is 0 Å². The van der Waals surface area contributed by atoms with Crippen molar-refractivity contribution in [1.29, 1.82) is 0 Å². The van der Waals surface area contributed by atoms with Crippen LogP contribution in [0.1, 0.15) is 16.1 Å². The molecule has 0 radical (unpaired) electrons. The molecule has 0 aliphatic carbocycles. The molecule has 0 unspecified atom stereocenters. The van der Waals surface area contributed by atoms with Gasteiger partial charge in [-0.25, -0.2) is 9.48 Å². The predicted octanol–water partition coefficient (Wildman–Crippen LogP) is 4.38. The molecule has 4 heteroatoms. The maximum absolute atomic E-state index is 12.8. The van der Waals surface area contributed by atoms with Crippen molar-refractivity contribution in [3.8, 4) is 5.69 Å². The van der Waals surface area contributed by atoms with E-state index in [2.05, 4.69) is 5.10 Å². The number of ether oxygens (including phenoxy) is 1. The Bertz CT molecular complexity index is 1010. The second-order valence-corrected chi connectivity index (χ2v) is 5.67. The van der Waals surface area contributed by atoms with Crippen LogP contribution in [0.25, 0.3) is 16.6 Å². The molecule has 0 aliphatic heterocycles. The molecule has 122 valence electrons. The minimum absolute atomic E-state index is 0.230. The van der Waals surface area contributed by atoms with Crippen LogP contribution in [0.4, 0.5) is 0 Å². The summed E-state index contributed by atoms with van der Waals surface area (Å²) in [5.74, 6) is -0.388. The van der Waals surface area contributed by atoms with Gasteiger partial charge in [0.1, 0.15) is 6.61 Å². The average Bonchev–Trinajstić information content (AvgIpc) is 3.07. The summed E-state index contributed by atoms with van der Waals surface area (Å²) in [7, 11) is 0. The lowest BCUT2D eigenvalue weighted by molar-refractivity contribution is 0.0464. The highest BCUT2D eigenvalue weighted by molar-refractivity contribution is 6.02. The Kier molecular flexibility index (Phi) is 4.01. The minimum Gasteiger partial charge on any atom is -0.456 e. The number of carbonyl (C=O) groups excluding carboxylic acids is 1. The van der Waals surface area contributed by atoms with Crippen molar-refractivity contribution in [3.05, 3.63) is 96.2 Å². The molecule has 0 spiro atoms. The molecule has 4 nitrogen and oxygen atoms in total. The number of hydrogen-bond donors (Lipinski definition) is 0. The number of para-hydroxylation sites is 1. The molecular weight excluding hydrogens is 312 g/mol. The van der Waals surface area contributed by atoms with Crippen molar-refractivity contribution >= 4 is 16.9 Å². The van der Waals surface area contributed by atoms with Gasteiger partial charge in [-0.2, -0.15) is 5.10 Å². The molecule has 4 rings (SSSR count). The van der Waals surface area contributed by atoms with Gasteiger partial charge < -0.3 is 4.74 Å². The molecule has 3 aromatic carbocycles. The number of esters is 1. The topological polar surface area (TPSA) is 44.1 Å². The first kappa shape index (κ1) is 15.1. The normalized spacial score (nSPS) is 10.7. The zero-order chi connectivity index (χ0) is 17.1. The summed E-state index contributed by atoms with van der Waals surface area (Å²) in [6.45, 7) is 0.230. The number of benzene rings is 3. The van der Waals surface area contributed by atoms with Crippen LogP contribution in [0, 0.1) is 0 Å². The standard InChI is InChI=1S/C21H16N2O2/c24-21(25-15-16-9-3-1-4-10-16)20-18-13-7-8-14-19(18)22-23(20)17-11-5-2-6-12-17/h1-14H,15H2. The lowest BCUT2D eigenvalue weighted by Crippen LogP contribution is -2.12. The smallest absolute Gasteiger partial charge is 0.358 e. The summed E-state index contributed by atoms with van der Waals surface area (Å²) in [5, 5.41) is 5.36. The Morgan fingerprint density at radius 2 is 1.48 bits per heavy atom. The van der Waals surface area contributed by atoms with Crippen LogP contribution in [0.3, 0.4) is 0 Å². The first-order chi connectivity index (χ1) is 12.3. The first-order valence-corrected chi connectivity index (χ1v) is 8.07. The molecule has 0 fully saturated rings. The van der Waals surface area contributed by atoms with Crippen LogP contribution in [-0.2, 0) is 11.3 Å². The van der Waals surface area contributed by atoms with Gasteiger partial charge in [0, 0.05) is 5.39 Å². The lowest BCUT2D eigenvalue weighted by atomic mass is 10.2. The van der Waals surface area contributed by atoms with E-state index in [1.54, 1.807) is 4.68 Å². The highest BCUT2D eigenvalue weighted by Gasteiger charge is 2.20. The highest BCUT2D eigenvalue weighted by Crippen LogP contribution is 2.23. The number of aromatic nitrogens is 2. The third-order valence-corrected chi connectivity index (χ3v) is 3.99. The molecule has 0 bridgehead atoms. The van der Waals surface area contributed by atoms with E-state index in [9.17, 15) is 4.79 Å². The van der Waals surface area contributed by atoms with Crippen molar-refractivity contribution in [2.75, 3.05) is 0 Å². The fraction of sp³-hybridized carbons (Fsp3) is 0.0476. The average molecular weight is 328 g/mol. The maximum Gasteiger partial charge on any atom is 0.358 e. The van der Waals surface area contributed by atoms with E-state index in [1.807, 2.05) is 84.9 Å². The largest absolute Gasteiger partial charge is 0.456 e. The molecule has 25 heavy (non-hydrogen) atoms. The molecule has 0 saturated heterocycles. The zero-order valence-electron chi connectivity index (χ0n) is 13.5. The summed E-state index contributed by atoms with van der Waals surface area (Å²) in [5.41, 5.74) is 2.98. The quantitative estimate of drug-likeness (QED) is 0.522. The highest BCUT2D eigenvalue weighted by atomic mass is 16.5. The van der Waals surface area contributed by atoms with E-state index in [1.165, 1.54) is 0 Å². The fourth-order valence-corrected chi connectivity index (χ4v) is 2.78. The van der Waals surface area contributed by atoms with Crippen LogP contribution in [0.5, 0.6) is 0 Å². The molecule has 0 saturated carbocycles. The second kappa shape index (κ2) is 6.61. The summed E-state index contributed by atoms with van der Waals surface area (Å²) in [4.78, 5) is 12.8. The van der Waals surface area contributed by atoms with Crippen molar-refractivity contribution in [3.63, 3.8) is 0 Å². The van der Waals surface area contributed by atoms with Crippen molar-refractivity contribution in [1.82, 2.24) is 9.78 Å². The Hall–Kier alpha value is -3.40. The molecule has 1 aromatic heterocycles. The van der Waals surface area contributed by atoms with E-state index in [0.29, 0.717) is 5.69 Å². The van der Waals surface area contributed by atoms with Crippen molar-refractivity contribution < 1.29 is 9.53 Å². The van der Waals surface area contributed by atoms with Crippen LogP contribution in [0.2, 0.25) is 0 Å². The minimum atomic E-state index is -0.388. The number of hydrogen-bond acceptors (Lipinski definition) is 3. The third-order valence-electron chi connectivity index (χ3n) is 3.99. The van der Waals surface area contributed by atoms with Crippen LogP contribution < -0.4 is 0 Å². The second-order valence-electron chi connectivity index (χ2n) is 5.67. The Morgan fingerprint density at radius 3 is 2.24 bits per heavy atom. The number of carbonyl (C=O) groups is 1.